The van der Waals surface area contributed by atoms with Crippen LogP contribution in [0.2, 0.25) is 0 Å². The summed E-state index contributed by atoms with van der Waals surface area (Å²) in [5, 5.41) is 5.01. The normalized spacial score (nSPS) is 15.2. The van der Waals surface area contributed by atoms with Gasteiger partial charge < -0.3 is 48.9 Å². The number of sulfone groups is 1. The molecule has 0 saturated carbocycles. The maximum Gasteiger partial charge on any atom is 0.262 e. The van der Waals surface area contributed by atoms with E-state index in [9.17, 15) is 37.2 Å². The Kier molecular flexibility index (Phi) is 22.4. The van der Waals surface area contributed by atoms with Crippen molar-refractivity contribution in [3.63, 3.8) is 0 Å². The smallest absolute Gasteiger partial charge is 0.262 e. The standard InChI is InChI=1S/C59H66FN5O16S/c60-51-35-46(8-10-47(51)44-34-50(55(61)63-36-44)41-7-9-48-42(33-41)13-15-62-56(48)68)82(72,73)38-40-4-1-3-39(31-40)32-45(66)14-16-74-17-18-75-19-20-76-21-22-77-23-24-78-25-26-79-27-28-80-29-30-81-37-43-5-2-6-49-54(43)59(71)65(58(49)70)52-11-12-53(67)64-57(52)69/h1-10,31,33-36,52H,11-30,32,37-38H2,(H2,61,63)(H,62,68)(H,64,67,69). The van der Waals surface area contributed by atoms with Crippen LogP contribution in [0.15, 0.2) is 96.0 Å². The summed E-state index contributed by atoms with van der Waals surface area (Å²) in [6.45, 7) is 5.69. The van der Waals surface area contributed by atoms with Crippen LogP contribution in [0.5, 0.6) is 0 Å². The van der Waals surface area contributed by atoms with Crippen molar-refractivity contribution in [1.29, 1.82) is 0 Å². The van der Waals surface area contributed by atoms with E-state index in [-0.39, 0.29) is 91.2 Å². The first-order valence-electron chi connectivity index (χ1n) is 27.0. The molecule has 5 aromatic rings. The second-order valence-corrected chi connectivity index (χ2v) is 21.3. The van der Waals surface area contributed by atoms with Crippen LogP contribution in [-0.2, 0) is 87.3 Å². The number of piperidine rings is 1. The number of nitrogens with two attached hydrogens (primary N) is 1. The molecule has 1 unspecified atom stereocenters. The van der Waals surface area contributed by atoms with Crippen LogP contribution in [0, 0.1) is 5.82 Å². The number of ketones is 1. The maximum absolute atomic E-state index is 15.7. The van der Waals surface area contributed by atoms with E-state index in [0.717, 1.165) is 22.1 Å². The minimum Gasteiger partial charge on any atom is -0.383 e. The van der Waals surface area contributed by atoms with Crippen molar-refractivity contribution in [3.05, 3.63) is 136 Å². The van der Waals surface area contributed by atoms with Crippen LogP contribution in [-0.4, -0.2) is 165 Å². The molecule has 0 aliphatic carbocycles. The zero-order valence-electron chi connectivity index (χ0n) is 45.3. The number of benzene rings is 4. The fourth-order valence-electron chi connectivity index (χ4n) is 9.43. The van der Waals surface area contributed by atoms with Gasteiger partial charge in [0.2, 0.25) is 11.8 Å². The molecule has 23 heteroatoms. The summed E-state index contributed by atoms with van der Waals surface area (Å²) in [4.78, 5) is 80.2. The van der Waals surface area contributed by atoms with Gasteiger partial charge in [-0.25, -0.2) is 17.8 Å². The lowest BCUT2D eigenvalue weighted by Gasteiger charge is -2.27. The number of imide groups is 2. The number of amides is 5. The molecular formula is C59H66FN5O16S. The second-order valence-electron chi connectivity index (χ2n) is 19.3. The van der Waals surface area contributed by atoms with Crippen LogP contribution in [0.3, 0.4) is 0 Å². The Labute approximate surface area is 474 Å². The number of Topliss-reactive ketones (excluding diaryl/α,β-unsaturated/α-hetero) is 1. The van der Waals surface area contributed by atoms with Gasteiger partial charge in [-0.1, -0.05) is 54.6 Å². The van der Waals surface area contributed by atoms with Crippen LogP contribution in [0.25, 0.3) is 22.3 Å². The Bertz CT molecular complexity index is 3210. The van der Waals surface area contributed by atoms with Gasteiger partial charge in [0.15, 0.2) is 9.84 Å². The average Bonchev–Trinajstić information content (AvgIpc) is 3.20. The predicted molar refractivity (Wildman–Crippen MR) is 295 cm³/mol. The molecule has 1 fully saturated rings. The number of nitrogens with one attached hydrogen (secondary N) is 2. The summed E-state index contributed by atoms with van der Waals surface area (Å²) >= 11 is 0. The first-order valence-corrected chi connectivity index (χ1v) is 28.7. The Hall–Kier alpha value is -7.19. The molecule has 3 aliphatic heterocycles. The fraction of sp³-hybridized carbons (Fsp3) is 0.407. The number of nitrogen functional groups attached to an aromatic ring is 1. The minimum atomic E-state index is -3.97. The van der Waals surface area contributed by atoms with E-state index in [2.05, 4.69) is 15.6 Å². The number of ether oxygens (including phenoxy) is 8. The number of aromatic nitrogens is 1. The quantitative estimate of drug-likeness (QED) is 0.0374. The second kappa shape index (κ2) is 30.2. The van der Waals surface area contributed by atoms with E-state index in [4.69, 9.17) is 43.6 Å². The lowest BCUT2D eigenvalue weighted by molar-refractivity contribution is -0.136. The molecule has 4 N–H and O–H groups in total. The van der Waals surface area contributed by atoms with Crippen molar-refractivity contribution in [2.75, 3.05) is 111 Å². The molecule has 436 valence electrons. The van der Waals surface area contributed by atoms with Gasteiger partial charge in [0.05, 0.1) is 127 Å². The molecule has 82 heavy (non-hydrogen) atoms. The van der Waals surface area contributed by atoms with E-state index < -0.39 is 51.1 Å². The van der Waals surface area contributed by atoms with Gasteiger partial charge in [-0.15, -0.1) is 0 Å². The third kappa shape index (κ3) is 16.7. The van der Waals surface area contributed by atoms with E-state index in [1.165, 1.54) is 24.4 Å². The van der Waals surface area contributed by atoms with Gasteiger partial charge in [-0.3, -0.25) is 39.0 Å². The van der Waals surface area contributed by atoms with Crippen molar-refractivity contribution in [2.45, 2.75) is 55.4 Å². The van der Waals surface area contributed by atoms with Gasteiger partial charge in [0, 0.05) is 54.3 Å². The summed E-state index contributed by atoms with van der Waals surface area (Å²) in [6, 6.07) is 21.4. The van der Waals surface area contributed by atoms with Gasteiger partial charge in [0.25, 0.3) is 17.7 Å². The lowest BCUT2D eigenvalue weighted by Crippen LogP contribution is -2.54. The molecular weight excluding hydrogens is 1090 g/mol. The molecule has 0 bridgehead atoms. The third-order valence-electron chi connectivity index (χ3n) is 13.6. The highest BCUT2D eigenvalue weighted by Crippen LogP contribution is 2.34. The molecule has 1 aromatic heterocycles. The Morgan fingerprint density at radius 3 is 1.89 bits per heavy atom. The van der Waals surface area contributed by atoms with Crippen molar-refractivity contribution in [3.8, 4) is 22.3 Å². The molecule has 4 aromatic carbocycles. The Morgan fingerprint density at radius 1 is 0.634 bits per heavy atom. The van der Waals surface area contributed by atoms with Crippen molar-refractivity contribution < 1.29 is 79.5 Å². The molecule has 21 nitrogen and oxygen atoms in total. The summed E-state index contributed by atoms with van der Waals surface area (Å²) in [7, 11) is -3.97. The van der Waals surface area contributed by atoms with Gasteiger partial charge in [-0.05, 0) is 71.0 Å². The van der Waals surface area contributed by atoms with Gasteiger partial charge >= 0.3 is 0 Å². The van der Waals surface area contributed by atoms with E-state index >= 15 is 4.39 Å². The number of pyridine rings is 1. The Balaban J connectivity index is 0.595. The highest BCUT2D eigenvalue weighted by molar-refractivity contribution is 7.90. The zero-order valence-corrected chi connectivity index (χ0v) is 46.1. The number of carbonyl (C=O) groups excluding carboxylic acids is 6. The van der Waals surface area contributed by atoms with Crippen LogP contribution >= 0.6 is 0 Å². The molecule has 1 saturated heterocycles. The average molecular weight is 1150 g/mol. The number of nitrogens with zero attached hydrogens (tertiary/aromatic N) is 2. The van der Waals surface area contributed by atoms with E-state index in [0.29, 0.717) is 126 Å². The van der Waals surface area contributed by atoms with Crippen molar-refractivity contribution in [2.24, 2.45) is 0 Å². The maximum atomic E-state index is 15.7. The predicted octanol–water partition coefficient (Wildman–Crippen LogP) is 4.63. The minimum absolute atomic E-state index is 0.0453. The van der Waals surface area contributed by atoms with E-state index in [1.807, 2.05) is 6.07 Å². The van der Waals surface area contributed by atoms with Crippen LogP contribution < -0.4 is 16.4 Å². The largest absolute Gasteiger partial charge is 0.383 e. The first kappa shape index (κ1) is 60.9. The van der Waals surface area contributed by atoms with E-state index in [1.54, 1.807) is 54.6 Å². The zero-order chi connectivity index (χ0) is 57.8. The van der Waals surface area contributed by atoms with Crippen LogP contribution in [0.4, 0.5) is 10.2 Å². The summed E-state index contributed by atoms with van der Waals surface area (Å²) in [5.41, 5.74) is 11.6. The molecule has 1 atom stereocenters. The van der Waals surface area contributed by atoms with Crippen molar-refractivity contribution >= 4 is 51.0 Å². The summed E-state index contributed by atoms with van der Waals surface area (Å²) < 4.78 is 87.1. The molecule has 8 rings (SSSR count). The highest BCUT2D eigenvalue weighted by Gasteiger charge is 2.45. The van der Waals surface area contributed by atoms with Gasteiger partial charge in [0.1, 0.15) is 23.5 Å². The lowest BCUT2D eigenvalue weighted by atomic mass is 9.94. The summed E-state index contributed by atoms with van der Waals surface area (Å²) in [6.07, 6.45) is 2.48. The topological polar surface area (TPSA) is 277 Å². The monoisotopic (exact) mass is 1150 g/mol. The highest BCUT2D eigenvalue weighted by atomic mass is 32.2. The van der Waals surface area contributed by atoms with Crippen LogP contribution in [0.1, 0.15) is 72.6 Å². The number of halogens is 1. The molecule has 3 aliphatic rings. The van der Waals surface area contributed by atoms with Crippen molar-refractivity contribution in [1.82, 2.24) is 20.5 Å². The summed E-state index contributed by atoms with van der Waals surface area (Å²) in [5.74, 6) is -3.37. The number of hydrogen-bond acceptors (Lipinski definition) is 18. The number of carbonyl (C=O) groups is 6. The third-order valence-corrected chi connectivity index (χ3v) is 15.2. The number of fused-ring (bicyclic) bond motifs is 2. The first-order chi connectivity index (χ1) is 39.8. The molecule has 5 amide bonds. The molecule has 0 spiro atoms. The number of rotatable bonds is 34. The fourth-order valence-corrected chi connectivity index (χ4v) is 10.8. The Morgan fingerprint density at radius 2 is 1.24 bits per heavy atom. The molecule has 4 heterocycles. The molecule has 0 radical (unpaired) electrons. The number of hydrogen-bond donors (Lipinski definition) is 3. The SMILES string of the molecule is Nc1ncc(-c2ccc(S(=O)(=O)Cc3cccc(CC(=O)CCOCCOCCOCCOCCOCCOCCOCCOCc4cccc5c4C(=O)N(C4CCC(=O)NC4=O)C5=O)c3)cc2F)cc1-c1ccc2c(c1)CCNC2=O. The van der Waals surface area contributed by atoms with Gasteiger partial charge in [-0.2, -0.15) is 0 Å². The number of anilines is 1.